The first kappa shape index (κ1) is 4.93. The maximum atomic E-state index is 5.29. The quantitative estimate of drug-likeness (QED) is 0.403. The molecule has 3 aliphatic heterocycles. The third-order valence-electron chi connectivity index (χ3n) is 1.40. The molecule has 0 aromatic rings. The molecule has 2 bridgehead atoms. The normalized spacial score (nSPS) is 45.0. The molecule has 3 rings (SSSR count). The van der Waals surface area contributed by atoms with Crippen molar-refractivity contribution in [3.63, 3.8) is 0 Å². The van der Waals surface area contributed by atoms with Gasteiger partial charge in [-0.15, -0.1) is 0 Å². The monoisotopic (exact) mass is 132 g/mol. The zero-order chi connectivity index (χ0) is 5.40. The van der Waals surface area contributed by atoms with Crippen molar-refractivity contribution in [1.82, 2.24) is 0 Å². The van der Waals surface area contributed by atoms with Gasteiger partial charge in [-0.1, -0.05) is 0 Å². The minimum Gasteiger partial charge on any atom is -0.392 e. The van der Waals surface area contributed by atoms with E-state index in [4.69, 9.17) is 13.6 Å². The fraction of sp³-hybridized carbons (Fsp3) is 1.00. The minimum atomic E-state index is -1.26. The van der Waals surface area contributed by atoms with E-state index in [1.807, 2.05) is 0 Å². The van der Waals surface area contributed by atoms with Gasteiger partial charge in [-0.25, -0.2) is 0 Å². The molecule has 0 atom stereocenters. The SMILES string of the molecule is C1O[SiH]2COC1CO2. The molecule has 4 heteroatoms. The number of ether oxygens (including phenoxy) is 1. The summed E-state index contributed by atoms with van der Waals surface area (Å²) >= 11 is 0. The zero-order valence-corrected chi connectivity index (χ0v) is 5.66. The molecule has 3 fully saturated rings. The van der Waals surface area contributed by atoms with Gasteiger partial charge < -0.3 is 13.6 Å². The molecule has 0 spiro atoms. The molecule has 3 saturated heterocycles. The highest BCUT2D eigenvalue weighted by Gasteiger charge is 2.31. The van der Waals surface area contributed by atoms with Crippen LogP contribution in [0.5, 0.6) is 0 Å². The standard InChI is InChI=1S/C4H8O3Si/c1-4-2-7-8(6-1)3-5-4/h4,8H,1-3H2. The smallest absolute Gasteiger partial charge is 0.348 e. The first-order valence-corrected chi connectivity index (χ1v) is 4.56. The van der Waals surface area contributed by atoms with E-state index in [1.165, 1.54) is 0 Å². The summed E-state index contributed by atoms with van der Waals surface area (Å²) in [7, 11) is -1.26. The Morgan fingerprint density at radius 1 is 1.25 bits per heavy atom. The number of fused-ring (bicyclic) bond motifs is 3. The molecule has 0 aromatic carbocycles. The number of rotatable bonds is 0. The second-order valence-corrected chi connectivity index (χ2v) is 3.91. The molecule has 8 heavy (non-hydrogen) atoms. The summed E-state index contributed by atoms with van der Waals surface area (Å²) < 4.78 is 15.8. The van der Waals surface area contributed by atoms with Crippen molar-refractivity contribution in [1.29, 1.82) is 0 Å². The van der Waals surface area contributed by atoms with Gasteiger partial charge in [0.2, 0.25) is 0 Å². The summed E-state index contributed by atoms with van der Waals surface area (Å²) in [6, 6.07) is 0. The minimum absolute atomic E-state index is 0.243. The second-order valence-electron chi connectivity index (χ2n) is 2.05. The molecule has 0 radical (unpaired) electrons. The van der Waals surface area contributed by atoms with Gasteiger partial charge in [0.25, 0.3) is 0 Å². The topological polar surface area (TPSA) is 27.7 Å². The second kappa shape index (κ2) is 1.80. The fourth-order valence-corrected chi connectivity index (χ4v) is 2.51. The van der Waals surface area contributed by atoms with Gasteiger partial charge in [-0.05, 0) is 0 Å². The van der Waals surface area contributed by atoms with Crippen LogP contribution in [-0.2, 0) is 13.6 Å². The van der Waals surface area contributed by atoms with Crippen molar-refractivity contribution in [2.24, 2.45) is 0 Å². The maximum absolute atomic E-state index is 5.29. The molecule has 3 nitrogen and oxygen atoms in total. The number of hydrogen-bond donors (Lipinski definition) is 0. The van der Waals surface area contributed by atoms with Crippen LogP contribution in [0, 0.1) is 0 Å². The Balaban J connectivity index is 2.03. The molecule has 0 aliphatic carbocycles. The third-order valence-corrected chi connectivity index (χ3v) is 3.00. The van der Waals surface area contributed by atoms with Crippen LogP contribution >= 0.6 is 0 Å². The molecular weight excluding hydrogens is 124 g/mol. The van der Waals surface area contributed by atoms with Crippen molar-refractivity contribution in [2.45, 2.75) is 6.10 Å². The van der Waals surface area contributed by atoms with Crippen molar-refractivity contribution in [3.05, 3.63) is 0 Å². The highest BCUT2D eigenvalue weighted by atomic mass is 28.3. The van der Waals surface area contributed by atoms with E-state index >= 15 is 0 Å². The highest BCUT2D eigenvalue weighted by Crippen LogP contribution is 2.12. The summed E-state index contributed by atoms with van der Waals surface area (Å²) in [5, 5.41) is 0. The molecule has 0 aromatic heterocycles. The first-order chi connectivity index (χ1) is 3.95. The van der Waals surface area contributed by atoms with Crippen LogP contribution in [0.3, 0.4) is 0 Å². The van der Waals surface area contributed by atoms with Crippen LogP contribution in [0.1, 0.15) is 0 Å². The van der Waals surface area contributed by atoms with E-state index in [0.29, 0.717) is 0 Å². The van der Waals surface area contributed by atoms with E-state index in [-0.39, 0.29) is 6.10 Å². The summed E-state index contributed by atoms with van der Waals surface area (Å²) in [6.07, 6.45) is 0.998. The molecule has 3 aliphatic rings. The number of hydrogen-bond acceptors (Lipinski definition) is 3. The lowest BCUT2D eigenvalue weighted by molar-refractivity contribution is -0.0832. The maximum Gasteiger partial charge on any atom is 0.348 e. The first-order valence-electron chi connectivity index (χ1n) is 2.80. The van der Waals surface area contributed by atoms with E-state index in [9.17, 15) is 0 Å². The van der Waals surface area contributed by atoms with Gasteiger partial charge in [0.1, 0.15) is 6.10 Å². The molecule has 0 unspecified atom stereocenters. The predicted octanol–water partition coefficient (Wildman–Crippen LogP) is -0.808. The summed E-state index contributed by atoms with van der Waals surface area (Å²) in [4.78, 5) is 0. The largest absolute Gasteiger partial charge is 0.392 e. The van der Waals surface area contributed by atoms with E-state index in [1.54, 1.807) is 0 Å². The van der Waals surface area contributed by atoms with Crippen molar-refractivity contribution in [2.75, 3.05) is 19.4 Å². The van der Waals surface area contributed by atoms with Gasteiger partial charge in [0.15, 0.2) is 0 Å². The molecule has 0 saturated carbocycles. The van der Waals surface area contributed by atoms with E-state index in [0.717, 1.165) is 19.4 Å². The summed E-state index contributed by atoms with van der Waals surface area (Å²) in [5.41, 5.74) is 0. The Morgan fingerprint density at radius 3 is 2.12 bits per heavy atom. The lowest BCUT2D eigenvalue weighted by Gasteiger charge is -2.34. The van der Waals surface area contributed by atoms with Crippen LogP contribution in [0.4, 0.5) is 0 Å². The lowest BCUT2D eigenvalue weighted by Crippen LogP contribution is -2.50. The van der Waals surface area contributed by atoms with Gasteiger partial charge in [-0.2, -0.15) is 0 Å². The average Bonchev–Trinajstić information content (AvgIpc) is 1.92. The van der Waals surface area contributed by atoms with Gasteiger partial charge in [0.05, 0.1) is 19.4 Å². The highest BCUT2D eigenvalue weighted by molar-refractivity contribution is 6.44. The van der Waals surface area contributed by atoms with E-state index in [2.05, 4.69) is 0 Å². The van der Waals surface area contributed by atoms with Gasteiger partial charge in [0, 0.05) is 0 Å². The van der Waals surface area contributed by atoms with Crippen LogP contribution in [0.25, 0.3) is 0 Å². The van der Waals surface area contributed by atoms with Crippen LogP contribution in [-0.4, -0.2) is 34.8 Å². The van der Waals surface area contributed by atoms with E-state index < -0.39 is 9.28 Å². The van der Waals surface area contributed by atoms with Crippen molar-refractivity contribution >= 4 is 9.28 Å². The summed E-state index contributed by atoms with van der Waals surface area (Å²) in [6.45, 7) is 1.55. The Labute approximate surface area is 49.4 Å². The summed E-state index contributed by atoms with van der Waals surface area (Å²) in [5.74, 6) is 0. The van der Waals surface area contributed by atoms with Crippen molar-refractivity contribution < 1.29 is 13.6 Å². The van der Waals surface area contributed by atoms with Crippen molar-refractivity contribution in [3.8, 4) is 0 Å². The van der Waals surface area contributed by atoms with Gasteiger partial charge >= 0.3 is 9.28 Å². The molecule has 0 N–H and O–H groups in total. The predicted molar refractivity (Wildman–Crippen MR) is 28.8 cm³/mol. The fourth-order valence-electron chi connectivity index (χ4n) is 0.933. The Bertz CT molecular complexity index is 66.3. The Kier molecular flexibility index (Phi) is 1.11. The van der Waals surface area contributed by atoms with Crippen LogP contribution < -0.4 is 0 Å². The zero-order valence-electron chi connectivity index (χ0n) is 4.50. The average molecular weight is 132 g/mol. The molecular formula is C4H8O3Si. The lowest BCUT2D eigenvalue weighted by atomic mass is 10.4. The van der Waals surface area contributed by atoms with Crippen LogP contribution in [0.15, 0.2) is 0 Å². The van der Waals surface area contributed by atoms with Gasteiger partial charge in [-0.3, -0.25) is 0 Å². The molecule has 46 valence electrons. The Hall–Kier alpha value is 0.0969. The Morgan fingerprint density at radius 2 is 2.00 bits per heavy atom. The van der Waals surface area contributed by atoms with Crippen LogP contribution in [0.2, 0.25) is 0 Å². The molecule has 3 heterocycles. The molecule has 0 amide bonds. The third kappa shape index (κ3) is 0.695.